The summed E-state index contributed by atoms with van der Waals surface area (Å²) in [5, 5.41) is 16.0. The van der Waals surface area contributed by atoms with E-state index in [1.807, 2.05) is 0 Å². The third-order valence-electron chi connectivity index (χ3n) is 4.08. The highest BCUT2D eigenvalue weighted by atomic mass is 32.2. The zero-order chi connectivity index (χ0) is 21.1. The number of amides is 1. The maximum absolute atomic E-state index is 12.6. The molecule has 0 fully saturated rings. The molecule has 0 unspecified atom stereocenters. The van der Waals surface area contributed by atoms with Crippen LogP contribution in [0, 0.1) is 0 Å². The number of carbonyl (C=O) groups is 1. The fourth-order valence-electron chi connectivity index (χ4n) is 2.64. The van der Waals surface area contributed by atoms with E-state index < -0.39 is 10.0 Å². The molecule has 12 heteroatoms. The Morgan fingerprint density at radius 1 is 1.13 bits per heavy atom. The van der Waals surface area contributed by atoms with Crippen molar-refractivity contribution in [3.05, 3.63) is 65.7 Å². The van der Waals surface area contributed by atoms with E-state index in [0.29, 0.717) is 22.6 Å². The van der Waals surface area contributed by atoms with Gasteiger partial charge in [0, 0.05) is 35.4 Å². The van der Waals surface area contributed by atoms with Crippen LogP contribution < -0.4 is 10.0 Å². The van der Waals surface area contributed by atoms with Gasteiger partial charge in [-0.1, -0.05) is 12.1 Å². The standard InChI is InChI=1S/C18H15N7O3S2/c1-25-16(21-23-24-25)12-3-2-4-13(11-12)17(26)20-14-5-7-15(8-6-14)30(27,28)22-18-19-9-10-29-18/h2-11H,1H3,(H,19,22)(H,20,26). The molecular weight excluding hydrogens is 426 g/mol. The lowest BCUT2D eigenvalue weighted by Crippen LogP contribution is -2.14. The van der Waals surface area contributed by atoms with Crippen LogP contribution in [-0.4, -0.2) is 39.5 Å². The van der Waals surface area contributed by atoms with Gasteiger partial charge in [-0.2, -0.15) is 0 Å². The van der Waals surface area contributed by atoms with Gasteiger partial charge < -0.3 is 5.32 Å². The Bertz CT molecular complexity index is 1280. The fraction of sp³-hybridized carbons (Fsp3) is 0.0556. The lowest BCUT2D eigenvalue weighted by Gasteiger charge is -2.09. The Labute approximate surface area is 175 Å². The number of aromatic nitrogens is 5. The molecule has 10 nitrogen and oxygen atoms in total. The molecule has 4 rings (SSSR count). The van der Waals surface area contributed by atoms with E-state index in [4.69, 9.17) is 0 Å². The maximum Gasteiger partial charge on any atom is 0.263 e. The van der Waals surface area contributed by atoms with Gasteiger partial charge in [0.1, 0.15) is 0 Å². The van der Waals surface area contributed by atoms with Crippen LogP contribution in [0.5, 0.6) is 0 Å². The molecule has 0 aliphatic carbocycles. The van der Waals surface area contributed by atoms with Crippen LogP contribution in [0.25, 0.3) is 11.4 Å². The Morgan fingerprint density at radius 3 is 2.60 bits per heavy atom. The second-order valence-corrected chi connectivity index (χ2v) is 8.71. The third kappa shape index (κ3) is 4.18. The predicted octanol–water partition coefficient (Wildman–Crippen LogP) is 2.39. The molecule has 2 aromatic carbocycles. The number of hydrogen-bond donors (Lipinski definition) is 2. The molecule has 2 heterocycles. The van der Waals surface area contributed by atoms with E-state index in [1.165, 1.54) is 46.5 Å². The van der Waals surface area contributed by atoms with Crippen molar-refractivity contribution in [3.8, 4) is 11.4 Å². The van der Waals surface area contributed by atoms with Gasteiger partial charge in [0.25, 0.3) is 15.9 Å². The summed E-state index contributed by atoms with van der Waals surface area (Å²) in [4.78, 5) is 16.6. The molecule has 152 valence electrons. The summed E-state index contributed by atoms with van der Waals surface area (Å²) >= 11 is 1.18. The quantitative estimate of drug-likeness (QED) is 0.469. The van der Waals surface area contributed by atoms with Crippen molar-refractivity contribution in [2.24, 2.45) is 7.05 Å². The van der Waals surface area contributed by atoms with E-state index in [9.17, 15) is 13.2 Å². The Hall–Kier alpha value is -3.64. The highest BCUT2D eigenvalue weighted by Crippen LogP contribution is 2.21. The molecule has 0 aliphatic rings. The number of carbonyl (C=O) groups excluding carboxylic acids is 1. The Morgan fingerprint density at radius 2 is 1.93 bits per heavy atom. The van der Waals surface area contributed by atoms with Gasteiger partial charge in [0.2, 0.25) is 0 Å². The maximum atomic E-state index is 12.6. The number of nitrogens with one attached hydrogen (secondary N) is 2. The van der Waals surface area contributed by atoms with E-state index in [-0.39, 0.29) is 15.9 Å². The summed E-state index contributed by atoms with van der Waals surface area (Å²) in [6, 6.07) is 12.7. The van der Waals surface area contributed by atoms with Crippen molar-refractivity contribution >= 4 is 38.1 Å². The predicted molar refractivity (Wildman–Crippen MR) is 112 cm³/mol. The molecule has 4 aromatic rings. The summed E-state index contributed by atoms with van der Waals surface area (Å²) in [5.74, 6) is 0.190. The molecule has 0 atom stereocenters. The normalized spacial score (nSPS) is 11.2. The van der Waals surface area contributed by atoms with Gasteiger partial charge in [0.15, 0.2) is 11.0 Å². The second-order valence-electron chi connectivity index (χ2n) is 6.13. The molecule has 2 aromatic heterocycles. The molecule has 0 saturated heterocycles. The Kier molecular flexibility index (Phi) is 5.25. The monoisotopic (exact) mass is 441 g/mol. The molecule has 0 spiro atoms. The van der Waals surface area contributed by atoms with Gasteiger partial charge in [-0.05, 0) is 46.8 Å². The van der Waals surface area contributed by atoms with Crippen molar-refractivity contribution < 1.29 is 13.2 Å². The van der Waals surface area contributed by atoms with Crippen molar-refractivity contribution in [1.82, 2.24) is 25.2 Å². The van der Waals surface area contributed by atoms with Gasteiger partial charge in [-0.3, -0.25) is 9.52 Å². The summed E-state index contributed by atoms with van der Waals surface area (Å²) in [5.41, 5.74) is 1.57. The van der Waals surface area contributed by atoms with Crippen LogP contribution in [-0.2, 0) is 17.1 Å². The first-order valence-electron chi connectivity index (χ1n) is 8.59. The zero-order valence-corrected chi connectivity index (χ0v) is 17.2. The molecule has 0 radical (unpaired) electrons. The third-order valence-corrected chi connectivity index (χ3v) is 6.25. The highest BCUT2D eigenvalue weighted by molar-refractivity contribution is 7.93. The number of anilines is 2. The van der Waals surface area contributed by atoms with Gasteiger partial charge >= 0.3 is 0 Å². The topological polar surface area (TPSA) is 132 Å². The first-order valence-corrected chi connectivity index (χ1v) is 11.0. The molecule has 30 heavy (non-hydrogen) atoms. The van der Waals surface area contributed by atoms with E-state index in [0.717, 1.165) is 0 Å². The summed E-state index contributed by atoms with van der Waals surface area (Å²) in [6.45, 7) is 0. The Balaban J connectivity index is 1.48. The van der Waals surface area contributed by atoms with Gasteiger partial charge in [-0.15, -0.1) is 16.4 Å². The number of hydrogen-bond acceptors (Lipinski definition) is 8. The average molecular weight is 441 g/mol. The summed E-state index contributed by atoms with van der Waals surface area (Å²) in [7, 11) is -2.04. The van der Waals surface area contributed by atoms with Crippen molar-refractivity contribution in [1.29, 1.82) is 0 Å². The smallest absolute Gasteiger partial charge is 0.263 e. The molecule has 0 bridgehead atoms. The highest BCUT2D eigenvalue weighted by Gasteiger charge is 2.16. The molecular formula is C18H15N7O3S2. The lowest BCUT2D eigenvalue weighted by molar-refractivity contribution is 0.102. The van der Waals surface area contributed by atoms with Crippen molar-refractivity contribution in [2.75, 3.05) is 10.0 Å². The minimum Gasteiger partial charge on any atom is -0.322 e. The van der Waals surface area contributed by atoms with E-state index >= 15 is 0 Å². The van der Waals surface area contributed by atoms with E-state index in [1.54, 1.807) is 36.7 Å². The number of sulfonamides is 1. The number of tetrazole rings is 1. The number of thiazole rings is 1. The van der Waals surface area contributed by atoms with Crippen LogP contribution >= 0.6 is 11.3 Å². The fourth-order valence-corrected chi connectivity index (χ4v) is 4.43. The minimum atomic E-state index is -3.75. The van der Waals surface area contributed by atoms with Crippen LogP contribution in [0.4, 0.5) is 10.8 Å². The first kappa shape index (κ1) is 19.7. The average Bonchev–Trinajstić information content (AvgIpc) is 3.39. The number of rotatable bonds is 6. The molecule has 0 aliphatic heterocycles. The summed E-state index contributed by atoms with van der Waals surface area (Å²) < 4.78 is 28.7. The summed E-state index contributed by atoms with van der Waals surface area (Å²) in [6.07, 6.45) is 1.51. The van der Waals surface area contributed by atoms with Crippen LogP contribution in [0.1, 0.15) is 10.4 Å². The van der Waals surface area contributed by atoms with Gasteiger partial charge in [-0.25, -0.2) is 18.1 Å². The zero-order valence-electron chi connectivity index (χ0n) is 15.6. The largest absolute Gasteiger partial charge is 0.322 e. The van der Waals surface area contributed by atoms with Crippen molar-refractivity contribution in [3.63, 3.8) is 0 Å². The molecule has 1 amide bonds. The van der Waals surface area contributed by atoms with Crippen LogP contribution in [0.15, 0.2) is 65.0 Å². The van der Waals surface area contributed by atoms with Crippen LogP contribution in [0.3, 0.4) is 0 Å². The lowest BCUT2D eigenvalue weighted by atomic mass is 10.1. The SMILES string of the molecule is Cn1nnnc1-c1cccc(C(=O)Nc2ccc(S(=O)(=O)Nc3nccs3)cc2)c1. The number of nitrogens with zero attached hydrogens (tertiary/aromatic N) is 5. The van der Waals surface area contributed by atoms with Crippen molar-refractivity contribution in [2.45, 2.75) is 4.90 Å². The molecule has 2 N–H and O–H groups in total. The number of benzene rings is 2. The first-order chi connectivity index (χ1) is 14.4. The van der Waals surface area contributed by atoms with E-state index in [2.05, 4.69) is 30.5 Å². The molecule has 0 saturated carbocycles. The van der Waals surface area contributed by atoms with Gasteiger partial charge in [0.05, 0.1) is 4.90 Å². The minimum absolute atomic E-state index is 0.0625. The number of aryl methyl sites for hydroxylation is 1. The second kappa shape index (κ2) is 8.00. The van der Waals surface area contributed by atoms with Crippen LogP contribution in [0.2, 0.25) is 0 Å².